The number of hydrogen-bond acceptors (Lipinski definition) is 3. The molecule has 2 nitrogen and oxygen atoms in total. The molecular formula is C14H15NOS2. The van der Waals surface area contributed by atoms with Gasteiger partial charge in [0.2, 0.25) is 0 Å². The van der Waals surface area contributed by atoms with Crippen LogP contribution in [-0.4, -0.2) is 10.1 Å². The molecule has 0 aliphatic carbocycles. The minimum atomic E-state index is -0.540. The lowest BCUT2D eigenvalue weighted by Crippen LogP contribution is -1.99. The highest BCUT2D eigenvalue weighted by atomic mass is 32.1. The first-order valence-corrected chi connectivity index (χ1v) is 7.58. The molecule has 0 spiro atoms. The van der Waals surface area contributed by atoms with E-state index in [0.29, 0.717) is 0 Å². The molecule has 94 valence electrons. The lowest BCUT2D eigenvalue weighted by atomic mass is 10.1. The average Bonchev–Trinajstić information content (AvgIpc) is 2.98. The Morgan fingerprint density at radius 2 is 1.94 bits per heavy atom. The summed E-state index contributed by atoms with van der Waals surface area (Å²) in [7, 11) is 0. The van der Waals surface area contributed by atoms with Crippen LogP contribution in [0.3, 0.4) is 0 Å². The van der Waals surface area contributed by atoms with Crippen molar-refractivity contribution in [3.63, 3.8) is 0 Å². The van der Waals surface area contributed by atoms with Crippen LogP contribution in [0.2, 0.25) is 0 Å². The molecule has 0 amide bonds. The van der Waals surface area contributed by atoms with Crippen molar-refractivity contribution >= 4 is 32.1 Å². The van der Waals surface area contributed by atoms with E-state index < -0.39 is 6.10 Å². The second-order valence-corrected chi connectivity index (χ2v) is 6.68. The van der Waals surface area contributed by atoms with E-state index in [2.05, 4.69) is 36.3 Å². The van der Waals surface area contributed by atoms with Gasteiger partial charge in [0, 0.05) is 20.0 Å². The van der Waals surface area contributed by atoms with Gasteiger partial charge in [0.1, 0.15) is 6.10 Å². The van der Waals surface area contributed by atoms with E-state index >= 15 is 0 Å². The van der Waals surface area contributed by atoms with E-state index in [-0.39, 0.29) is 0 Å². The Hall–Kier alpha value is -1.10. The van der Waals surface area contributed by atoms with Crippen LogP contribution in [0, 0.1) is 20.8 Å². The zero-order valence-corrected chi connectivity index (χ0v) is 12.2. The van der Waals surface area contributed by atoms with Crippen molar-refractivity contribution in [2.75, 3.05) is 0 Å². The van der Waals surface area contributed by atoms with E-state index in [1.54, 1.807) is 22.7 Å². The fourth-order valence-corrected chi connectivity index (χ4v) is 4.32. The monoisotopic (exact) mass is 277 g/mol. The van der Waals surface area contributed by atoms with Gasteiger partial charge < -0.3 is 10.1 Å². The summed E-state index contributed by atoms with van der Waals surface area (Å²) in [5.74, 6) is 0. The lowest BCUT2D eigenvalue weighted by molar-refractivity contribution is 0.219. The Labute approximate surface area is 114 Å². The Morgan fingerprint density at radius 3 is 2.56 bits per heavy atom. The fourth-order valence-electron chi connectivity index (χ4n) is 2.21. The standard InChI is InChI=1S/C14H15NOS2/c1-7-8(2)13(15-9(7)3)14(16)12-6-11-10(18-12)4-5-17-11/h4-6,14-16H,1-3H3. The largest absolute Gasteiger partial charge is 0.381 e. The van der Waals surface area contributed by atoms with E-state index in [0.717, 1.165) is 21.8 Å². The summed E-state index contributed by atoms with van der Waals surface area (Å²) >= 11 is 3.39. The van der Waals surface area contributed by atoms with Gasteiger partial charge in [0.15, 0.2) is 0 Å². The molecule has 3 heterocycles. The first-order valence-electron chi connectivity index (χ1n) is 5.88. The average molecular weight is 277 g/mol. The van der Waals surface area contributed by atoms with Gasteiger partial charge in [-0.1, -0.05) is 0 Å². The highest BCUT2D eigenvalue weighted by Crippen LogP contribution is 2.36. The van der Waals surface area contributed by atoms with Gasteiger partial charge in [0.05, 0.1) is 5.69 Å². The molecule has 3 aromatic heterocycles. The quantitative estimate of drug-likeness (QED) is 0.720. The molecule has 18 heavy (non-hydrogen) atoms. The van der Waals surface area contributed by atoms with Crippen molar-refractivity contribution < 1.29 is 5.11 Å². The zero-order chi connectivity index (χ0) is 12.9. The number of H-pyrrole nitrogens is 1. The zero-order valence-electron chi connectivity index (χ0n) is 10.6. The molecule has 4 heteroatoms. The van der Waals surface area contributed by atoms with Gasteiger partial charge in [-0.25, -0.2) is 0 Å². The van der Waals surface area contributed by atoms with Crippen LogP contribution in [-0.2, 0) is 0 Å². The normalized spacial score (nSPS) is 13.3. The number of rotatable bonds is 2. The Balaban J connectivity index is 2.06. The maximum Gasteiger partial charge on any atom is 0.128 e. The summed E-state index contributed by atoms with van der Waals surface area (Å²) in [5, 5.41) is 12.6. The lowest BCUT2D eigenvalue weighted by Gasteiger charge is -2.08. The smallest absolute Gasteiger partial charge is 0.128 e. The third kappa shape index (κ3) is 1.72. The fraction of sp³-hybridized carbons (Fsp3) is 0.286. The minimum Gasteiger partial charge on any atom is -0.381 e. The molecule has 3 rings (SSSR count). The number of fused-ring (bicyclic) bond motifs is 1. The van der Waals surface area contributed by atoms with Crippen molar-refractivity contribution in [2.24, 2.45) is 0 Å². The Kier molecular flexibility index (Phi) is 2.81. The number of thiophene rings is 2. The van der Waals surface area contributed by atoms with Crippen molar-refractivity contribution in [1.82, 2.24) is 4.98 Å². The highest BCUT2D eigenvalue weighted by molar-refractivity contribution is 7.26. The predicted molar refractivity (Wildman–Crippen MR) is 78.8 cm³/mol. The number of aryl methyl sites for hydroxylation is 1. The van der Waals surface area contributed by atoms with Crippen LogP contribution in [0.15, 0.2) is 17.5 Å². The summed E-state index contributed by atoms with van der Waals surface area (Å²) in [5.41, 5.74) is 4.47. The number of aromatic amines is 1. The van der Waals surface area contributed by atoms with Crippen LogP contribution >= 0.6 is 22.7 Å². The van der Waals surface area contributed by atoms with Crippen LogP contribution in [0.1, 0.15) is 33.5 Å². The third-order valence-corrected chi connectivity index (χ3v) is 5.70. The van der Waals surface area contributed by atoms with Crippen LogP contribution in [0.4, 0.5) is 0 Å². The van der Waals surface area contributed by atoms with Gasteiger partial charge >= 0.3 is 0 Å². The van der Waals surface area contributed by atoms with Gasteiger partial charge in [-0.15, -0.1) is 22.7 Å². The van der Waals surface area contributed by atoms with E-state index in [9.17, 15) is 5.11 Å². The molecule has 0 saturated heterocycles. The van der Waals surface area contributed by atoms with Crippen LogP contribution < -0.4 is 0 Å². The van der Waals surface area contributed by atoms with Crippen molar-refractivity contribution in [3.8, 4) is 0 Å². The van der Waals surface area contributed by atoms with Gasteiger partial charge in [-0.2, -0.15) is 0 Å². The Morgan fingerprint density at radius 1 is 1.17 bits per heavy atom. The summed E-state index contributed by atoms with van der Waals surface area (Å²) in [6.07, 6.45) is -0.540. The molecule has 0 aromatic carbocycles. The molecule has 0 aliphatic rings. The number of aliphatic hydroxyl groups excluding tert-OH is 1. The van der Waals surface area contributed by atoms with Crippen LogP contribution in [0.25, 0.3) is 9.40 Å². The van der Waals surface area contributed by atoms with Crippen molar-refractivity contribution in [3.05, 3.63) is 44.9 Å². The molecule has 3 aromatic rings. The number of aliphatic hydroxyl groups is 1. The molecule has 0 bridgehead atoms. The SMILES string of the molecule is Cc1[nH]c(C(O)c2cc3sccc3s2)c(C)c1C. The number of hydrogen-bond donors (Lipinski definition) is 2. The number of nitrogens with one attached hydrogen (secondary N) is 1. The molecule has 2 N–H and O–H groups in total. The van der Waals surface area contributed by atoms with Crippen LogP contribution in [0.5, 0.6) is 0 Å². The Bertz CT molecular complexity index is 676. The summed E-state index contributed by atoms with van der Waals surface area (Å²) < 4.78 is 2.51. The molecule has 1 atom stereocenters. The predicted octanol–water partition coefficient (Wildman–Crippen LogP) is 4.30. The van der Waals surface area contributed by atoms with Gasteiger partial charge in [-0.3, -0.25) is 0 Å². The highest BCUT2D eigenvalue weighted by Gasteiger charge is 2.19. The summed E-state index contributed by atoms with van der Waals surface area (Å²) in [4.78, 5) is 4.32. The topological polar surface area (TPSA) is 36.0 Å². The molecule has 0 fully saturated rings. The molecule has 0 saturated carbocycles. The van der Waals surface area contributed by atoms with Crippen molar-refractivity contribution in [2.45, 2.75) is 26.9 Å². The molecule has 1 unspecified atom stereocenters. The second kappa shape index (κ2) is 4.23. The summed E-state index contributed by atoms with van der Waals surface area (Å²) in [6.45, 7) is 6.20. The molecule has 0 radical (unpaired) electrons. The van der Waals surface area contributed by atoms with Gasteiger partial charge in [0.25, 0.3) is 0 Å². The van der Waals surface area contributed by atoms with E-state index in [1.807, 2.05) is 6.92 Å². The molecule has 0 aliphatic heterocycles. The maximum absolute atomic E-state index is 10.5. The first kappa shape index (κ1) is 12.0. The van der Waals surface area contributed by atoms with E-state index in [4.69, 9.17) is 0 Å². The first-order chi connectivity index (χ1) is 8.58. The maximum atomic E-state index is 10.5. The third-order valence-electron chi connectivity index (χ3n) is 3.55. The van der Waals surface area contributed by atoms with Gasteiger partial charge in [-0.05, 0) is 49.4 Å². The summed E-state index contributed by atoms with van der Waals surface area (Å²) in [6, 6.07) is 4.21. The number of aromatic nitrogens is 1. The van der Waals surface area contributed by atoms with Crippen molar-refractivity contribution in [1.29, 1.82) is 0 Å². The second-order valence-electron chi connectivity index (χ2n) is 4.61. The molecular weight excluding hydrogens is 262 g/mol. The van der Waals surface area contributed by atoms with E-state index in [1.165, 1.54) is 15.0 Å². The minimum absolute atomic E-state index is 0.540.